The lowest BCUT2D eigenvalue weighted by molar-refractivity contribution is -0.167. The number of hydrogen-bond acceptors (Lipinski definition) is 6. The summed E-state index contributed by atoms with van der Waals surface area (Å²) in [4.78, 5) is 38.1. The molecule has 0 saturated heterocycles. The van der Waals surface area contributed by atoms with Crippen LogP contribution in [-0.4, -0.2) is 37.2 Å². The Balaban J connectivity index is 4.47. The topological polar surface area (TPSA) is 78.9 Å². The molecule has 0 aromatic heterocycles. The van der Waals surface area contributed by atoms with Gasteiger partial charge >= 0.3 is 17.9 Å². The Labute approximate surface area is 407 Å². The molecule has 6 nitrogen and oxygen atoms in total. The molecule has 0 heterocycles. The molecule has 0 amide bonds. The third-order valence-electron chi connectivity index (χ3n) is 11.8. The molecule has 0 aliphatic heterocycles. The molecule has 0 fully saturated rings. The molecule has 1 atom stereocenters. The van der Waals surface area contributed by atoms with Crippen LogP contribution in [0.3, 0.4) is 0 Å². The van der Waals surface area contributed by atoms with Gasteiger partial charge in [0.2, 0.25) is 0 Å². The summed E-state index contributed by atoms with van der Waals surface area (Å²) in [6.45, 7) is 6.46. The molecule has 6 heteroatoms. The zero-order chi connectivity index (χ0) is 47.9. The van der Waals surface area contributed by atoms with Gasteiger partial charge in [0.1, 0.15) is 13.2 Å². The van der Waals surface area contributed by atoms with E-state index in [0.717, 1.165) is 70.6 Å². The van der Waals surface area contributed by atoms with Crippen molar-refractivity contribution in [2.45, 2.75) is 264 Å². The van der Waals surface area contributed by atoms with Gasteiger partial charge in [-0.05, 0) is 64.2 Å². The summed E-state index contributed by atoms with van der Waals surface area (Å²) in [6.07, 6.45) is 69.9. The lowest BCUT2D eigenvalue weighted by Gasteiger charge is -2.18. The second-order valence-electron chi connectivity index (χ2n) is 18.3. The molecule has 0 aromatic rings. The van der Waals surface area contributed by atoms with Crippen molar-refractivity contribution in [1.82, 2.24) is 0 Å². The Morgan fingerprint density at radius 2 is 0.606 bits per heavy atom. The fourth-order valence-corrected chi connectivity index (χ4v) is 7.65. The third kappa shape index (κ3) is 51.6. The van der Waals surface area contributed by atoms with Gasteiger partial charge in [-0.3, -0.25) is 14.4 Å². The van der Waals surface area contributed by atoms with E-state index < -0.39 is 6.10 Å². The number of carbonyl (C=O) groups excluding carboxylic acids is 3. The van der Waals surface area contributed by atoms with Crippen LogP contribution >= 0.6 is 0 Å². The number of esters is 3. The fourth-order valence-electron chi connectivity index (χ4n) is 7.65. The minimum absolute atomic E-state index is 0.0910. The summed E-state index contributed by atoms with van der Waals surface area (Å²) in [5, 5.41) is 0. The van der Waals surface area contributed by atoms with Crippen LogP contribution in [0.2, 0.25) is 0 Å². The summed E-state index contributed by atoms with van der Waals surface area (Å²) in [5.74, 6) is -0.935. The zero-order valence-electron chi connectivity index (χ0n) is 43.2. The fraction of sp³-hybridized carbons (Fsp3) is 0.717. The molecule has 0 rings (SSSR count). The van der Waals surface area contributed by atoms with Gasteiger partial charge in [0, 0.05) is 19.3 Å². The highest BCUT2D eigenvalue weighted by atomic mass is 16.6. The molecule has 0 radical (unpaired) electrons. The second kappa shape index (κ2) is 54.2. The third-order valence-corrected chi connectivity index (χ3v) is 11.8. The number of hydrogen-bond donors (Lipinski definition) is 0. The first-order valence-corrected chi connectivity index (χ1v) is 27.7. The molecule has 0 saturated carbocycles. The first-order chi connectivity index (χ1) is 32.5. The van der Waals surface area contributed by atoms with E-state index in [1.807, 2.05) is 60.8 Å². The summed E-state index contributed by atoms with van der Waals surface area (Å²) < 4.78 is 16.8. The van der Waals surface area contributed by atoms with Gasteiger partial charge in [-0.1, -0.05) is 260 Å². The molecule has 0 aromatic carbocycles. The maximum absolute atomic E-state index is 12.8. The van der Waals surface area contributed by atoms with E-state index >= 15 is 0 Å². The van der Waals surface area contributed by atoms with Gasteiger partial charge in [0.05, 0.1) is 0 Å². The predicted octanol–water partition coefficient (Wildman–Crippen LogP) is 18.4. The van der Waals surface area contributed by atoms with E-state index in [1.165, 1.54) is 148 Å². The lowest BCUT2D eigenvalue weighted by Crippen LogP contribution is -2.30. The van der Waals surface area contributed by atoms with Crippen LogP contribution in [0.4, 0.5) is 0 Å². The minimum Gasteiger partial charge on any atom is -0.462 e. The average Bonchev–Trinajstić information content (AvgIpc) is 3.31. The Bertz CT molecular complexity index is 1290. The highest BCUT2D eigenvalue weighted by Gasteiger charge is 2.19. The van der Waals surface area contributed by atoms with Gasteiger partial charge < -0.3 is 14.2 Å². The minimum atomic E-state index is -0.796. The van der Waals surface area contributed by atoms with Gasteiger partial charge in [0.15, 0.2) is 6.10 Å². The predicted molar refractivity (Wildman–Crippen MR) is 284 cm³/mol. The highest BCUT2D eigenvalue weighted by molar-refractivity contribution is 5.71. The largest absolute Gasteiger partial charge is 0.462 e. The molecule has 66 heavy (non-hydrogen) atoms. The molecular weight excluding hydrogens is 817 g/mol. The smallest absolute Gasteiger partial charge is 0.306 e. The Hall–Kier alpha value is -3.41. The van der Waals surface area contributed by atoms with Crippen LogP contribution < -0.4 is 0 Å². The van der Waals surface area contributed by atoms with Crippen molar-refractivity contribution in [1.29, 1.82) is 0 Å². The van der Waals surface area contributed by atoms with Crippen LogP contribution in [0.15, 0.2) is 85.1 Å². The average molecular weight is 919 g/mol. The van der Waals surface area contributed by atoms with E-state index in [9.17, 15) is 14.4 Å². The number of rotatable bonds is 49. The van der Waals surface area contributed by atoms with Crippen molar-refractivity contribution in [3.8, 4) is 0 Å². The second-order valence-corrected chi connectivity index (χ2v) is 18.3. The zero-order valence-corrected chi connectivity index (χ0v) is 43.2. The summed E-state index contributed by atoms with van der Waals surface area (Å²) in [6, 6.07) is 0. The molecule has 1 unspecified atom stereocenters. The number of carbonyl (C=O) groups is 3. The van der Waals surface area contributed by atoms with Crippen molar-refractivity contribution in [2.75, 3.05) is 13.2 Å². The van der Waals surface area contributed by atoms with Crippen molar-refractivity contribution in [2.24, 2.45) is 0 Å². The van der Waals surface area contributed by atoms with Crippen LogP contribution in [0.25, 0.3) is 0 Å². The van der Waals surface area contributed by atoms with E-state index in [-0.39, 0.29) is 31.1 Å². The molecule has 0 aliphatic rings. The van der Waals surface area contributed by atoms with Crippen LogP contribution in [0, 0.1) is 0 Å². The van der Waals surface area contributed by atoms with Crippen molar-refractivity contribution in [3.63, 3.8) is 0 Å². The quantitative estimate of drug-likeness (QED) is 0.0199. The summed E-state index contributed by atoms with van der Waals surface area (Å²) >= 11 is 0. The normalized spacial score (nSPS) is 12.7. The SMILES string of the molecule is CC\C=C/C=C\C=C/C=C\C=C\C=C/CCCCCC(=O)OCC(COC(=O)CCCCCCCCCCCCCCCC)OC(=O)CCCCCCCCC/C=C\CCCCCCCC. The van der Waals surface area contributed by atoms with Crippen LogP contribution in [0.1, 0.15) is 258 Å². The Morgan fingerprint density at radius 3 is 0.985 bits per heavy atom. The van der Waals surface area contributed by atoms with Gasteiger partial charge in [-0.15, -0.1) is 0 Å². The van der Waals surface area contributed by atoms with E-state index in [2.05, 4.69) is 45.1 Å². The summed E-state index contributed by atoms with van der Waals surface area (Å²) in [7, 11) is 0. The van der Waals surface area contributed by atoms with Gasteiger partial charge in [-0.25, -0.2) is 0 Å². The van der Waals surface area contributed by atoms with E-state index in [1.54, 1.807) is 0 Å². The Morgan fingerprint density at radius 1 is 0.318 bits per heavy atom. The number of unbranched alkanes of at least 4 members (excludes halogenated alkanes) is 29. The van der Waals surface area contributed by atoms with Crippen LogP contribution in [-0.2, 0) is 28.6 Å². The number of allylic oxidation sites excluding steroid dienone is 14. The first kappa shape index (κ1) is 62.6. The van der Waals surface area contributed by atoms with Gasteiger partial charge in [0.25, 0.3) is 0 Å². The maximum Gasteiger partial charge on any atom is 0.306 e. The summed E-state index contributed by atoms with van der Waals surface area (Å²) in [5.41, 5.74) is 0. The maximum atomic E-state index is 12.8. The molecule has 378 valence electrons. The standard InChI is InChI=1S/C60H102O6/c1-4-7-10-13-16-19-22-25-28-30-32-35-38-41-44-47-50-53-59(62)65-56-57(55-64-58(61)52-49-46-43-40-37-34-27-24-21-18-15-12-9-6-3)66-60(63)54-51-48-45-42-39-36-33-31-29-26-23-20-17-14-11-8-5-2/h7,10,13,16,19,22,25-26,28-30,32,35,38,57H,4-6,8-9,11-12,14-15,17-18,20-21,23-24,27,31,33-34,36-37,39-56H2,1-3H3/b10-7-,16-13-,22-19-,28-25-,29-26-,32-30+,38-35-. The van der Waals surface area contributed by atoms with Gasteiger partial charge in [-0.2, -0.15) is 0 Å². The molecule has 0 spiro atoms. The molecule has 0 aliphatic carbocycles. The molecule has 0 N–H and O–H groups in total. The first-order valence-electron chi connectivity index (χ1n) is 27.7. The van der Waals surface area contributed by atoms with Crippen LogP contribution in [0.5, 0.6) is 0 Å². The van der Waals surface area contributed by atoms with E-state index in [0.29, 0.717) is 19.3 Å². The van der Waals surface area contributed by atoms with Crippen molar-refractivity contribution < 1.29 is 28.6 Å². The molecule has 0 bridgehead atoms. The van der Waals surface area contributed by atoms with Crippen molar-refractivity contribution >= 4 is 17.9 Å². The van der Waals surface area contributed by atoms with Crippen molar-refractivity contribution in [3.05, 3.63) is 85.1 Å². The lowest BCUT2D eigenvalue weighted by atomic mass is 10.0. The Kier molecular flexibility index (Phi) is 51.4. The number of ether oxygens (including phenoxy) is 3. The van der Waals surface area contributed by atoms with E-state index in [4.69, 9.17) is 14.2 Å². The molecular formula is C60H102O6. The highest BCUT2D eigenvalue weighted by Crippen LogP contribution is 2.15. The monoisotopic (exact) mass is 919 g/mol.